The van der Waals surface area contributed by atoms with Crippen molar-refractivity contribution in [3.05, 3.63) is 102 Å². The van der Waals surface area contributed by atoms with Gasteiger partial charge in [-0.15, -0.1) is 29.1 Å². The first-order chi connectivity index (χ1) is 22.9. The van der Waals surface area contributed by atoms with Crippen LogP contribution in [0.2, 0.25) is 0 Å². The minimum Gasteiger partial charge on any atom is -0.512 e. The Bertz CT molecular complexity index is 1850. The Balaban J connectivity index is 0.000000347. The Morgan fingerprint density at radius 2 is 1.57 bits per heavy atom. The molecule has 0 aliphatic carbocycles. The molecule has 0 fully saturated rings. The van der Waals surface area contributed by atoms with Gasteiger partial charge in [0.2, 0.25) is 0 Å². The number of pyridine rings is 1. The van der Waals surface area contributed by atoms with Crippen molar-refractivity contribution in [3.63, 3.8) is 0 Å². The van der Waals surface area contributed by atoms with E-state index in [1.807, 2.05) is 33.9 Å². The fraction of sp³-hybridized carbons (Fsp3) is 0.409. The molecule has 1 N–H and O–H groups in total. The normalized spacial score (nSPS) is 12.0. The Morgan fingerprint density at radius 3 is 2.20 bits per heavy atom. The third-order valence-corrected chi connectivity index (χ3v) is 9.34. The van der Waals surface area contributed by atoms with Gasteiger partial charge >= 0.3 is 0 Å². The predicted molar refractivity (Wildman–Crippen MR) is 202 cm³/mol. The Kier molecular flexibility index (Phi) is 14.6. The van der Waals surface area contributed by atoms with Crippen LogP contribution in [0.1, 0.15) is 99.1 Å². The maximum absolute atomic E-state index is 11.7. The van der Waals surface area contributed by atoms with Crippen molar-refractivity contribution >= 4 is 27.5 Å². The SMILES string of the molecule is CC(C)Cc1ccc(-c2ccnc(-c3[c-]c4ccccc4c(C(C)(C)C)c3)c2)c2ccoc12.CCC(CC)C(=O)/C=C(\O)C(CC)CC.[Ir]. The molecule has 0 bridgehead atoms. The monoisotopic (exact) mass is 837 g/mol. The molecule has 5 heteroatoms. The molecule has 263 valence electrons. The van der Waals surface area contributed by atoms with Crippen molar-refractivity contribution in [3.8, 4) is 22.4 Å². The number of aliphatic hydroxyl groups excluding tert-OH is 1. The number of furan rings is 1. The van der Waals surface area contributed by atoms with Crippen LogP contribution in [-0.4, -0.2) is 15.9 Å². The van der Waals surface area contributed by atoms with Crippen LogP contribution >= 0.6 is 0 Å². The molecule has 2 heterocycles. The van der Waals surface area contributed by atoms with Crippen LogP contribution in [0, 0.1) is 23.8 Å². The van der Waals surface area contributed by atoms with Crippen LogP contribution in [0.3, 0.4) is 0 Å². The van der Waals surface area contributed by atoms with Gasteiger partial charge in [-0.05, 0) is 72.3 Å². The number of rotatable bonds is 11. The van der Waals surface area contributed by atoms with Gasteiger partial charge in [0.05, 0.1) is 12.0 Å². The number of ketones is 1. The molecule has 0 amide bonds. The van der Waals surface area contributed by atoms with Crippen molar-refractivity contribution < 1.29 is 34.4 Å². The molecule has 0 atom stereocenters. The van der Waals surface area contributed by atoms with E-state index in [0.29, 0.717) is 5.92 Å². The summed E-state index contributed by atoms with van der Waals surface area (Å²) in [6.45, 7) is 19.3. The van der Waals surface area contributed by atoms with E-state index >= 15 is 0 Å². The number of allylic oxidation sites excluding steroid dienone is 2. The van der Waals surface area contributed by atoms with Gasteiger partial charge in [0, 0.05) is 55.3 Å². The van der Waals surface area contributed by atoms with Crippen molar-refractivity contribution in [2.75, 3.05) is 0 Å². The largest absolute Gasteiger partial charge is 0.512 e. The molecule has 0 spiro atoms. The van der Waals surface area contributed by atoms with E-state index in [1.165, 1.54) is 28.2 Å². The summed E-state index contributed by atoms with van der Waals surface area (Å²) in [5, 5.41) is 13.3. The third-order valence-electron chi connectivity index (χ3n) is 9.34. The maximum Gasteiger partial charge on any atom is 0.162 e. The van der Waals surface area contributed by atoms with Gasteiger partial charge in [-0.3, -0.25) is 9.78 Å². The molecule has 0 aliphatic heterocycles. The van der Waals surface area contributed by atoms with Gasteiger partial charge in [0.25, 0.3) is 0 Å². The Labute approximate surface area is 307 Å². The van der Waals surface area contributed by atoms with Gasteiger partial charge in [-0.1, -0.05) is 110 Å². The summed E-state index contributed by atoms with van der Waals surface area (Å²) in [5.74, 6) is 1.13. The van der Waals surface area contributed by atoms with Crippen LogP contribution in [0.25, 0.3) is 44.1 Å². The number of aromatic nitrogens is 1. The van der Waals surface area contributed by atoms with E-state index in [9.17, 15) is 9.90 Å². The molecule has 3 aromatic carbocycles. The smallest absolute Gasteiger partial charge is 0.162 e. The van der Waals surface area contributed by atoms with Crippen molar-refractivity contribution in [2.45, 2.75) is 99.8 Å². The fourth-order valence-corrected chi connectivity index (χ4v) is 6.49. The number of nitrogens with zero attached hydrogens (tertiary/aromatic N) is 1. The zero-order valence-corrected chi connectivity index (χ0v) is 33.2. The second-order valence-electron chi connectivity index (χ2n) is 14.4. The number of hydrogen-bond donors (Lipinski definition) is 1. The van der Waals surface area contributed by atoms with Crippen LogP contribution < -0.4 is 0 Å². The minimum atomic E-state index is 0. The summed E-state index contributed by atoms with van der Waals surface area (Å²) >= 11 is 0. The van der Waals surface area contributed by atoms with E-state index in [2.05, 4.69) is 101 Å². The fourth-order valence-electron chi connectivity index (χ4n) is 6.49. The molecule has 0 saturated carbocycles. The van der Waals surface area contributed by atoms with Gasteiger partial charge < -0.3 is 9.52 Å². The summed E-state index contributed by atoms with van der Waals surface area (Å²) in [7, 11) is 0. The predicted octanol–water partition coefficient (Wildman–Crippen LogP) is 12.5. The molecule has 4 nitrogen and oxygen atoms in total. The Hall–Kier alpha value is -3.53. The number of fused-ring (bicyclic) bond motifs is 2. The van der Waals surface area contributed by atoms with Crippen molar-refractivity contribution in [1.29, 1.82) is 0 Å². The standard InChI is InChI=1S/C31H30NO.C13H24O2.Ir/c1-20(2)16-23-10-11-25(27-13-15-33-30(23)27)22-12-14-32-29(19-22)24-17-21-8-6-7-9-26(21)28(18-24)31(3,4)5;1-5-10(6-2)12(14)9-13(15)11(7-3)8-4;/h6-15,18-20H,16H2,1-5H3;9-11,14H,5-8H2,1-4H3;/q-1;;/b;12-9-;. The quantitative estimate of drug-likeness (QED) is 0.0818. The third kappa shape index (κ3) is 9.80. The van der Waals surface area contributed by atoms with Crippen molar-refractivity contribution in [1.82, 2.24) is 4.98 Å². The number of hydrogen-bond acceptors (Lipinski definition) is 4. The van der Waals surface area contributed by atoms with Gasteiger partial charge in [0.1, 0.15) is 5.58 Å². The molecule has 0 saturated heterocycles. The van der Waals surface area contributed by atoms with E-state index in [1.54, 1.807) is 6.26 Å². The summed E-state index contributed by atoms with van der Waals surface area (Å²) < 4.78 is 5.91. The summed E-state index contributed by atoms with van der Waals surface area (Å²) in [5.41, 5.74) is 7.87. The number of benzene rings is 3. The maximum atomic E-state index is 11.7. The van der Waals surface area contributed by atoms with Crippen LogP contribution in [0.4, 0.5) is 0 Å². The molecule has 5 aromatic rings. The molecule has 0 aliphatic rings. The van der Waals surface area contributed by atoms with Crippen LogP contribution in [0.5, 0.6) is 0 Å². The van der Waals surface area contributed by atoms with Gasteiger partial charge in [0.15, 0.2) is 5.78 Å². The first-order valence-electron chi connectivity index (χ1n) is 17.8. The number of carbonyl (C=O) groups is 1. The number of carbonyl (C=O) groups excluding carboxylic acids is 1. The average molecular weight is 837 g/mol. The van der Waals surface area contributed by atoms with E-state index < -0.39 is 0 Å². The molecule has 1 radical (unpaired) electrons. The second kappa shape index (κ2) is 17.9. The molecule has 5 rings (SSSR count). The second-order valence-corrected chi connectivity index (χ2v) is 14.4. The summed E-state index contributed by atoms with van der Waals surface area (Å²) in [6, 6.07) is 25.1. The topological polar surface area (TPSA) is 63.3 Å². The zero-order valence-electron chi connectivity index (χ0n) is 30.8. The minimum absolute atomic E-state index is 0. The average Bonchev–Trinajstić information content (AvgIpc) is 3.56. The zero-order chi connectivity index (χ0) is 35.0. The van der Waals surface area contributed by atoms with E-state index in [4.69, 9.17) is 9.40 Å². The van der Waals surface area contributed by atoms with E-state index in [0.717, 1.165) is 65.3 Å². The first kappa shape index (κ1) is 39.9. The summed E-state index contributed by atoms with van der Waals surface area (Å²) in [4.78, 5) is 16.5. The molecule has 2 aromatic heterocycles. The Morgan fingerprint density at radius 1 is 0.898 bits per heavy atom. The molecule has 49 heavy (non-hydrogen) atoms. The van der Waals surface area contributed by atoms with Gasteiger partial charge in [-0.2, -0.15) is 0 Å². The van der Waals surface area contributed by atoms with Crippen LogP contribution in [-0.2, 0) is 36.7 Å². The number of aliphatic hydroxyl groups is 1. The van der Waals surface area contributed by atoms with Crippen molar-refractivity contribution in [2.24, 2.45) is 17.8 Å². The molecular weight excluding hydrogens is 783 g/mol. The first-order valence-corrected chi connectivity index (χ1v) is 17.8. The summed E-state index contributed by atoms with van der Waals surface area (Å²) in [6.07, 6.45) is 9.61. The molecular formula is C44H54IrNO3-. The van der Waals surface area contributed by atoms with E-state index in [-0.39, 0.29) is 48.9 Å². The molecule has 0 unspecified atom stereocenters. The van der Waals surface area contributed by atoms with Gasteiger partial charge in [-0.25, -0.2) is 0 Å². The van der Waals surface area contributed by atoms with Crippen LogP contribution in [0.15, 0.2) is 89.4 Å².